The fourth-order valence-electron chi connectivity index (χ4n) is 6.02. The summed E-state index contributed by atoms with van der Waals surface area (Å²) in [5, 5.41) is 0. The number of ether oxygens (including phenoxy) is 2. The first-order chi connectivity index (χ1) is 20.8. The first kappa shape index (κ1) is 34.4. The molecule has 2 nitrogen and oxygen atoms in total. The molecule has 4 rings (SSSR count). The SMILES string of the molecule is CCCC[C@H]1CC[C@H](C#Cc2ccc(OC)c(F)c2F)CC1.CCC[C@H]1CC[C@H](C#Cc2ccc(OC)c(F)c2F)CC1. The van der Waals surface area contributed by atoms with Crippen molar-refractivity contribution in [3.8, 4) is 35.2 Å². The van der Waals surface area contributed by atoms with Gasteiger partial charge in [-0.25, -0.2) is 8.78 Å². The summed E-state index contributed by atoms with van der Waals surface area (Å²) in [6.45, 7) is 4.44. The van der Waals surface area contributed by atoms with Crippen LogP contribution in [0.2, 0.25) is 0 Å². The maximum atomic E-state index is 13.8. The highest BCUT2D eigenvalue weighted by Gasteiger charge is 2.21. The monoisotopic (exact) mass is 598 g/mol. The molecule has 2 aromatic rings. The number of benzene rings is 2. The van der Waals surface area contributed by atoms with E-state index < -0.39 is 23.3 Å². The molecule has 43 heavy (non-hydrogen) atoms. The van der Waals surface area contributed by atoms with Gasteiger partial charge in [-0.15, -0.1) is 0 Å². The Bertz CT molecular complexity index is 1280. The largest absolute Gasteiger partial charge is 0.494 e. The Morgan fingerprint density at radius 3 is 1.37 bits per heavy atom. The average Bonchev–Trinajstić information content (AvgIpc) is 3.03. The summed E-state index contributed by atoms with van der Waals surface area (Å²) >= 11 is 0. The molecule has 0 spiro atoms. The van der Waals surface area contributed by atoms with Gasteiger partial charge >= 0.3 is 0 Å². The minimum absolute atomic E-state index is 0.0838. The molecule has 0 saturated heterocycles. The Morgan fingerprint density at radius 1 is 0.581 bits per heavy atom. The van der Waals surface area contributed by atoms with Crippen LogP contribution in [-0.4, -0.2) is 14.2 Å². The second-order valence-electron chi connectivity index (χ2n) is 11.8. The van der Waals surface area contributed by atoms with Crippen LogP contribution < -0.4 is 9.47 Å². The van der Waals surface area contributed by atoms with Crippen molar-refractivity contribution in [3.05, 3.63) is 58.7 Å². The fraction of sp³-hybridized carbons (Fsp3) is 0.568. The smallest absolute Gasteiger partial charge is 0.201 e. The first-order valence-electron chi connectivity index (χ1n) is 15.9. The van der Waals surface area contributed by atoms with Crippen LogP contribution in [0.25, 0.3) is 0 Å². The van der Waals surface area contributed by atoms with Crippen molar-refractivity contribution in [2.45, 2.75) is 97.3 Å². The molecule has 0 unspecified atom stereocenters. The fourth-order valence-corrected chi connectivity index (χ4v) is 6.02. The van der Waals surface area contributed by atoms with Crippen molar-refractivity contribution in [1.82, 2.24) is 0 Å². The zero-order valence-corrected chi connectivity index (χ0v) is 26.1. The standard InChI is InChI=1S/C19H24F2O.C18H22F2O/c1-3-4-5-14-6-8-15(9-7-14)10-11-16-12-13-17(22-2)19(21)18(16)20;1-3-4-13-5-7-14(8-6-13)9-10-15-11-12-16(21-2)18(20)17(15)19/h12-15H,3-9H2,1-2H3;11-14H,3-8H2,1-2H3/t14-,15-;13-,14-. The molecule has 2 fully saturated rings. The Hall–Kier alpha value is -3.12. The highest BCUT2D eigenvalue weighted by molar-refractivity contribution is 5.42. The van der Waals surface area contributed by atoms with Crippen LogP contribution >= 0.6 is 0 Å². The first-order valence-corrected chi connectivity index (χ1v) is 15.9. The number of rotatable bonds is 7. The predicted molar refractivity (Wildman–Crippen MR) is 165 cm³/mol. The van der Waals surface area contributed by atoms with Gasteiger partial charge < -0.3 is 9.47 Å². The van der Waals surface area contributed by atoms with Gasteiger partial charge in [-0.3, -0.25) is 0 Å². The van der Waals surface area contributed by atoms with Gasteiger partial charge in [0, 0.05) is 11.8 Å². The molecule has 2 aliphatic carbocycles. The quantitative estimate of drug-likeness (QED) is 0.233. The second-order valence-corrected chi connectivity index (χ2v) is 11.8. The van der Waals surface area contributed by atoms with Crippen LogP contribution in [0, 0.1) is 70.6 Å². The van der Waals surface area contributed by atoms with Crippen molar-refractivity contribution in [3.63, 3.8) is 0 Å². The van der Waals surface area contributed by atoms with Crippen molar-refractivity contribution in [1.29, 1.82) is 0 Å². The van der Waals surface area contributed by atoms with E-state index in [-0.39, 0.29) is 22.6 Å². The highest BCUT2D eigenvalue weighted by atomic mass is 19.2. The van der Waals surface area contributed by atoms with Gasteiger partial charge in [-0.05, 0) is 87.5 Å². The van der Waals surface area contributed by atoms with E-state index in [0.29, 0.717) is 11.8 Å². The summed E-state index contributed by atoms with van der Waals surface area (Å²) in [5.41, 5.74) is 0.232. The number of hydrogen-bond acceptors (Lipinski definition) is 2. The molecule has 6 heteroatoms. The van der Waals surface area contributed by atoms with Crippen LogP contribution in [-0.2, 0) is 0 Å². The molecule has 0 atom stereocenters. The van der Waals surface area contributed by atoms with Gasteiger partial charge in [0.2, 0.25) is 11.6 Å². The Kier molecular flexibility index (Phi) is 14.3. The van der Waals surface area contributed by atoms with E-state index in [1.807, 2.05) is 0 Å². The molecule has 2 saturated carbocycles. The second kappa shape index (κ2) is 17.9. The zero-order valence-electron chi connectivity index (χ0n) is 26.1. The third-order valence-corrected chi connectivity index (χ3v) is 8.71. The maximum Gasteiger partial charge on any atom is 0.201 e. The third-order valence-electron chi connectivity index (χ3n) is 8.71. The molecule has 2 aromatic carbocycles. The Balaban J connectivity index is 0.000000236. The summed E-state index contributed by atoms with van der Waals surface area (Å²) in [4.78, 5) is 0. The molecule has 0 aromatic heterocycles. The van der Waals surface area contributed by atoms with Gasteiger partial charge in [-0.1, -0.05) is 69.6 Å². The van der Waals surface area contributed by atoms with E-state index in [1.54, 1.807) is 0 Å². The summed E-state index contributed by atoms with van der Waals surface area (Å²) in [7, 11) is 2.64. The van der Waals surface area contributed by atoms with Gasteiger partial charge in [0.25, 0.3) is 0 Å². The van der Waals surface area contributed by atoms with Crippen molar-refractivity contribution in [2.75, 3.05) is 14.2 Å². The van der Waals surface area contributed by atoms with Crippen LogP contribution in [0.4, 0.5) is 17.6 Å². The number of halogens is 4. The average molecular weight is 599 g/mol. The van der Waals surface area contributed by atoms with Crippen molar-refractivity contribution in [2.24, 2.45) is 23.7 Å². The van der Waals surface area contributed by atoms with Gasteiger partial charge in [-0.2, -0.15) is 8.78 Å². The molecule has 0 radical (unpaired) electrons. The van der Waals surface area contributed by atoms with Gasteiger partial charge in [0.05, 0.1) is 25.3 Å². The molecule has 0 aliphatic heterocycles. The van der Waals surface area contributed by atoms with Gasteiger partial charge in [0.1, 0.15) is 0 Å². The third kappa shape index (κ3) is 10.2. The summed E-state index contributed by atoms with van der Waals surface area (Å²) < 4.78 is 64.4. The van der Waals surface area contributed by atoms with E-state index in [4.69, 9.17) is 9.47 Å². The molecular weight excluding hydrogens is 552 g/mol. The van der Waals surface area contributed by atoms with E-state index in [9.17, 15) is 17.6 Å². The van der Waals surface area contributed by atoms with Crippen LogP contribution in [0.1, 0.15) is 108 Å². The summed E-state index contributed by atoms with van der Waals surface area (Å²) in [5.74, 6) is 10.2. The molecule has 234 valence electrons. The lowest BCUT2D eigenvalue weighted by atomic mass is 9.80. The predicted octanol–water partition coefficient (Wildman–Crippen LogP) is 10.3. The summed E-state index contributed by atoms with van der Waals surface area (Å²) in [6.07, 6.45) is 15.5. The topological polar surface area (TPSA) is 18.5 Å². The van der Waals surface area contributed by atoms with Crippen molar-refractivity contribution >= 4 is 0 Å². The Labute approximate surface area is 255 Å². The Morgan fingerprint density at radius 2 is 1.00 bits per heavy atom. The van der Waals surface area contributed by atoms with E-state index >= 15 is 0 Å². The lowest BCUT2D eigenvalue weighted by Crippen LogP contribution is -2.13. The minimum atomic E-state index is -0.962. The molecule has 0 bridgehead atoms. The lowest BCUT2D eigenvalue weighted by molar-refractivity contribution is 0.296. The van der Waals surface area contributed by atoms with Crippen molar-refractivity contribution < 1.29 is 27.0 Å². The maximum absolute atomic E-state index is 13.8. The zero-order chi connectivity index (χ0) is 31.2. The van der Waals surface area contributed by atoms with Gasteiger partial charge in [0.15, 0.2) is 23.1 Å². The number of methoxy groups -OCH3 is 2. The number of hydrogen-bond donors (Lipinski definition) is 0. The molecule has 0 heterocycles. The molecular formula is C37H46F4O2. The van der Waals surface area contributed by atoms with E-state index in [0.717, 1.165) is 37.5 Å². The van der Waals surface area contributed by atoms with Crippen LogP contribution in [0.3, 0.4) is 0 Å². The molecule has 0 N–H and O–H groups in total. The summed E-state index contributed by atoms with van der Waals surface area (Å²) in [6, 6.07) is 5.80. The minimum Gasteiger partial charge on any atom is -0.494 e. The van der Waals surface area contributed by atoms with E-state index in [1.165, 1.54) is 96.3 Å². The van der Waals surface area contributed by atoms with E-state index in [2.05, 4.69) is 37.5 Å². The molecule has 2 aliphatic rings. The van der Waals surface area contributed by atoms with Crippen LogP contribution in [0.5, 0.6) is 11.5 Å². The normalized spacial score (nSPS) is 21.3. The lowest BCUT2D eigenvalue weighted by Gasteiger charge is -2.25. The van der Waals surface area contributed by atoms with Crippen LogP contribution in [0.15, 0.2) is 24.3 Å². The molecule has 0 amide bonds. The highest BCUT2D eigenvalue weighted by Crippen LogP contribution is 2.33. The number of unbranched alkanes of at least 4 members (excludes halogenated alkanes) is 1.